The van der Waals surface area contributed by atoms with Gasteiger partial charge in [-0.3, -0.25) is 9.69 Å². The molecular weight excluding hydrogens is 250 g/mol. The van der Waals surface area contributed by atoms with Crippen LogP contribution in [-0.2, 0) is 16.0 Å². The average Bonchev–Trinajstić information content (AvgIpc) is 2.46. The zero-order valence-corrected chi connectivity index (χ0v) is 13.0. The molecule has 1 aliphatic heterocycles. The van der Waals surface area contributed by atoms with Crippen LogP contribution in [0.1, 0.15) is 43.9 Å². The maximum absolute atomic E-state index is 12.7. The molecular formula is C17H25NO2. The smallest absolute Gasteiger partial charge is 0.155 e. The number of rotatable bonds is 5. The van der Waals surface area contributed by atoms with E-state index in [4.69, 9.17) is 4.74 Å². The molecule has 3 nitrogen and oxygen atoms in total. The summed E-state index contributed by atoms with van der Waals surface area (Å²) in [5.74, 6) is 0.256. The van der Waals surface area contributed by atoms with Crippen LogP contribution in [0.25, 0.3) is 0 Å². The summed E-state index contributed by atoms with van der Waals surface area (Å²) >= 11 is 0. The highest BCUT2D eigenvalue weighted by molar-refractivity contribution is 5.88. The summed E-state index contributed by atoms with van der Waals surface area (Å²) in [5.41, 5.74) is 2.10. The Morgan fingerprint density at radius 2 is 2.10 bits per heavy atom. The number of ketones is 1. The van der Waals surface area contributed by atoms with Crippen LogP contribution in [0.4, 0.5) is 0 Å². The number of nitrogens with zero attached hydrogens (tertiary/aromatic N) is 1. The number of carbonyl (C=O) groups excluding carboxylic acids is 1. The van der Waals surface area contributed by atoms with Gasteiger partial charge >= 0.3 is 0 Å². The molecule has 110 valence electrons. The first-order valence-corrected chi connectivity index (χ1v) is 7.39. The third-order valence-electron chi connectivity index (χ3n) is 4.74. The van der Waals surface area contributed by atoms with Crippen molar-refractivity contribution in [1.29, 1.82) is 0 Å². The molecule has 1 aromatic carbocycles. The number of ether oxygens (including phenoxy) is 1. The lowest BCUT2D eigenvalue weighted by molar-refractivity contribution is -0.132. The molecule has 0 amide bonds. The van der Waals surface area contributed by atoms with Gasteiger partial charge in [0.2, 0.25) is 0 Å². The van der Waals surface area contributed by atoms with Gasteiger partial charge < -0.3 is 4.74 Å². The van der Waals surface area contributed by atoms with Crippen molar-refractivity contribution in [2.75, 3.05) is 20.7 Å². The number of hydrogen-bond donors (Lipinski definition) is 0. The second-order valence-electron chi connectivity index (χ2n) is 5.96. The van der Waals surface area contributed by atoms with Gasteiger partial charge in [-0.05, 0) is 45.0 Å². The van der Waals surface area contributed by atoms with Gasteiger partial charge in [-0.25, -0.2) is 0 Å². The normalized spacial score (nSPS) is 21.4. The van der Waals surface area contributed by atoms with Crippen LogP contribution in [0.15, 0.2) is 24.3 Å². The standard InChI is InChI=1S/C17H25NO2/c1-5-17(2,18(3)4)16(19)12-15-14-9-7-6-8-13(14)10-11-20-15/h6-9,15H,5,10-12H2,1-4H3. The van der Waals surface area contributed by atoms with Gasteiger partial charge in [-0.15, -0.1) is 0 Å². The molecule has 1 aliphatic rings. The van der Waals surface area contributed by atoms with E-state index in [0.29, 0.717) is 13.0 Å². The topological polar surface area (TPSA) is 29.5 Å². The third kappa shape index (κ3) is 2.79. The molecule has 2 rings (SSSR count). The van der Waals surface area contributed by atoms with Gasteiger partial charge in [0.1, 0.15) is 0 Å². The van der Waals surface area contributed by atoms with Crippen LogP contribution >= 0.6 is 0 Å². The summed E-state index contributed by atoms with van der Waals surface area (Å²) in [5, 5.41) is 0. The fourth-order valence-corrected chi connectivity index (χ4v) is 2.80. The van der Waals surface area contributed by atoms with E-state index in [9.17, 15) is 4.79 Å². The number of Topliss-reactive ketones (excluding diaryl/α,β-unsaturated/α-hetero) is 1. The summed E-state index contributed by atoms with van der Waals surface area (Å²) in [4.78, 5) is 14.7. The summed E-state index contributed by atoms with van der Waals surface area (Å²) < 4.78 is 5.86. The van der Waals surface area contributed by atoms with E-state index < -0.39 is 5.54 Å². The minimum Gasteiger partial charge on any atom is -0.373 e. The number of likely N-dealkylation sites (N-methyl/N-ethyl adjacent to an activating group) is 1. The maximum Gasteiger partial charge on any atom is 0.155 e. The molecule has 0 saturated heterocycles. The highest BCUT2D eigenvalue weighted by Crippen LogP contribution is 2.32. The summed E-state index contributed by atoms with van der Waals surface area (Å²) in [6.07, 6.45) is 2.13. The second kappa shape index (κ2) is 6.06. The Kier molecular flexibility index (Phi) is 4.61. The SMILES string of the molecule is CCC(C)(C(=O)CC1OCCc2ccccc21)N(C)C. The molecule has 2 atom stereocenters. The molecule has 0 aromatic heterocycles. The Labute approximate surface area is 121 Å². The summed E-state index contributed by atoms with van der Waals surface area (Å²) in [7, 11) is 3.94. The number of carbonyl (C=O) groups is 1. The van der Waals surface area contributed by atoms with E-state index in [1.54, 1.807) is 0 Å². The quantitative estimate of drug-likeness (QED) is 0.827. The Morgan fingerprint density at radius 3 is 2.75 bits per heavy atom. The van der Waals surface area contributed by atoms with E-state index in [1.165, 1.54) is 11.1 Å². The van der Waals surface area contributed by atoms with E-state index in [-0.39, 0.29) is 11.9 Å². The molecule has 0 aliphatic carbocycles. The van der Waals surface area contributed by atoms with Crippen molar-refractivity contribution in [2.45, 2.75) is 44.8 Å². The predicted octanol–water partition coefficient (Wildman–Crippen LogP) is 2.99. The summed E-state index contributed by atoms with van der Waals surface area (Å²) in [6, 6.07) is 8.31. The molecule has 20 heavy (non-hydrogen) atoms. The highest BCUT2D eigenvalue weighted by Gasteiger charge is 2.36. The van der Waals surface area contributed by atoms with Crippen molar-refractivity contribution in [3.8, 4) is 0 Å². The van der Waals surface area contributed by atoms with Gasteiger partial charge in [0.15, 0.2) is 5.78 Å². The molecule has 0 radical (unpaired) electrons. The lowest BCUT2D eigenvalue weighted by Gasteiger charge is -2.36. The Balaban J connectivity index is 2.17. The van der Waals surface area contributed by atoms with Crippen LogP contribution in [0.5, 0.6) is 0 Å². The van der Waals surface area contributed by atoms with Gasteiger partial charge in [-0.2, -0.15) is 0 Å². The van der Waals surface area contributed by atoms with Gasteiger partial charge in [0.25, 0.3) is 0 Å². The van der Waals surface area contributed by atoms with Crippen molar-refractivity contribution in [3.63, 3.8) is 0 Å². The molecule has 0 saturated carbocycles. The zero-order valence-electron chi connectivity index (χ0n) is 13.0. The minimum atomic E-state index is -0.407. The average molecular weight is 275 g/mol. The number of hydrogen-bond acceptors (Lipinski definition) is 3. The van der Waals surface area contributed by atoms with Crippen LogP contribution in [0, 0.1) is 0 Å². The first-order chi connectivity index (χ1) is 9.49. The lowest BCUT2D eigenvalue weighted by Crippen LogP contribution is -2.48. The fourth-order valence-electron chi connectivity index (χ4n) is 2.80. The fraction of sp³-hybridized carbons (Fsp3) is 0.588. The van der Waals surface area contributed by atoms with Crippen LogP contribution in [-0.4, -0.2) is 36.9 Å². The molecule has 0 fully saturated rings. The maximum atomic E-state index is 12.7. The molecule has 1 heterocycles. The van der Waals surface area contributed by atoms with Crippen LogP contribution < -0.4 is 0 Å². The molecule has 2 unspecified atom stereocenters. The first kappa shape index (κ1) is 15.2. The van der Waals surface area contributed by atoms with Crippen LogP contribution in [0.2, 0.25) is 0 Å². The second-order valence-corrected chi connectivity index (χ2v) is 5.96. The molecule has 0 N–H and O–H groups in total. The predicted molar refractivity (Wildman–Crippen MR) is 80.8 cm³/mol. The zero-order chi connectivity index (χ0) is 14.8. The van der Waals surface area contributed by atoms with Crippen molar-refractivity contribution < 1.29 is 9.53 Å². The summed E-state index contributed by atoms with van der Waals surface area (Å²) in [6.45, 7) is 4.79. The molecule has 0 bridgehead atoms. The minimum absolute atomic E-state index is 0.0849. The van der Waals surface area contributed by atoms with E-state index in [2.05, 4.69) is 25.1 Å². The molecule has 3 heteroatoms. The van der Waals surface area contributed by atoms with Gasteiger partial charge in [0, 0.05) is 6.42 Å². The van der Waals surface area contributed by atoms with Crippen LogP contribution in [0.3, 0.4) is 0 Å². The van der Waals surface area contributed by atoms with E-state index >= 15 is 0 Å². The van der Waals surface area contributed by atoms with Crippen molar-refractivity contribution in [3.05, 3.63) is 35.4 Å². The van der Waals surface area contributed by atoms with Crippen molar-refractivity contribution in [1.82, 2.24) is 4.90 Å². The number of fused-ring (bicyclic) bond motifs is 1. The van der Waals surface area contributed by atoms with E-state index in [1.807, 2.05) is 32.0 Å². The van der Waals surface area contributed by atoms with Crippen molar-refractivity contribution >= 4 is 5.78 Å². The van der Waals surface area contributed by atoms with Gasteiger partial charge in [0.05, 0.1) is 18.2 Å². The van der Waals surface area contributed by atoms with E-state index in [0.717, 1.165) is 12.8 Å². The van der Waals surface area contributed by atoms with Gasteiger partial charge in [-0.1, -0.05) is 31.2 Å². The van der Waals surface area contributed by atoms with Crippen molar-refractivity contribution in [2.24, 2.45) is 0 Å². The lowest BCUT2D eigenvalue weighted by atomic mass is 9.85. The Morgan fingerprint density at radius 1 is 1.40 bits per heavy atom. The highest BCUT2D eigenvalue weighted by atomic mass is 16.5. The molecule has 1 aromatic rings. The monoisotopic (exact) mass is 275 g/mol. The number of benzene rings is 1. The Hall–Kier alpha value is -1.19. The third-order valence-corrected chi connectivity index (χ3v) is 4.74. The Bertz CT molecular complexity index is 484. The first-order valence-electron chi connectivity index (χ1n) is 7.39. The largest absolute Gasteiger partial charge is 0.373 e. The molecule has 0 spiro atoms.